The molecule has 1 atom stereocenters. The molecule has 0 aliphatic carbocycles. The van der Waals surface area contributed by atoms with E-state index in [-0.39, 0.29) is 0 Å². The number of nitrogens with zero attached hydrogens (tertiary/aromatic N) is 3. The van der Waals surface area contributed by atoms with Gasteiger partial charge in [-0.3, -0.25) is 0 Å². The molecule has 0 fully saturated rings. The third-order valence-electron chi connectivity index (χ3n) is 2.98. The molecule has 0 aliphatic rings. The quantitative estimate of drug-likeness (QED) is 0.858. The average molecular weight is 311 g/mol. The lowest BCUT2D eigenvalue weighted by Gasteiger charge is -2.17. The third kappa shape index (κ3) is 3.68. The molecule has 7 heteroatoms. The zero-order chi connectivity index (χ0) is 14.7. The lowest BCUT2D eigenvalue weighted by Crippen LogP contribution is -2.22. The minimum atomic E-state index is 0.371. The fraction of sp³-hybridized carbons (Fsp3) is 0.538. The van der Waals surface area contributed by atoms with Crippen LogP contribution in [-0.4, -0.2) is 40.9 Å². The lowest BCUT2D eigenvalue weighted by molar-refractivity contribution is 0.390. The first-order valence-corrected chi connectivity index (χ1v) is 8.21. The van der Waals surface area contributed by atoms with E-state index in [1.807, 2.05) is 12.3 Å². The van der Waals surface area contributed by atoms with Crippen LogP contribution in [0.5, 0.6) is 0 Å². The van der Waals surface area contributed by atoms with Crippen molar-refractivity contribution in [1.82, 2.24) is 14.3 Å². The van der Waals surface area contributed by atoms with Gasteiger partial charge in [0.25, 0.3) is 0 Å². The van der Waals surface area contributed by atoms with Gasteiger partial charge in [-0.2, -0.15) is 4.37 Å². The second kappa shape index (κ2) is 6.51. The van der Waals surface area contributed by atoms with E-state index in [4.69, 9.17) is 5.73 Å². The van der Waals surface area contributed by atoms with Crippen LogP contribution < -0.4 is 11.1 Å². The second-order valence-electron chi connectivity index (χ2n) is 5.16. The molecule has 20 heavy (non-hydrogen) atoms. The molecule has 0 spiro atoms. The normalized spacial score (nSPS) is 12.8. The Balaban J connectivity index is 2.13. The number of rotatable bonds is 6. The second-order valence-corrected chi connectivity index (χ2v) is 7.00. The molecule has 0 aromatic carbocycles. The Morgan fingerprint density at radius 1 is 1.45 bits per heavy atom. The molecule has 2 heterocycles. The molecule has 0 bridgehead atoms. The summed E-state index contributed by atoms with van der Waals surface area (Å²) in [5.41, 5.74) is 7.85. The maximum atomic E-state index is 6.00. The summed E-state index contributed by atoms with van der Waals surface area (Å²) in [6.45, 7) is 5.22. The van der Waals surface area contributed by atoms with Gasteiger partial charge in [-0.05, 0) is 52.4 Å². The van der Waals surface area contributed by atoms with E-state index in [9.17, 15) is 0 Å². The standard InChI is InChI=1S/C13H21N5S2/c1-8(5-6-18(3)4)15-13-11(12(14)17-20-13)10-7-19-9(2)16-10/h7-8,15H,5-6H2,1-4H3,(H2,14,17). The van der Waals surface area contributed by atoms with Crippen LogP contribution in [0.1, 0.15) is 18.4 Å². The highest BCUT2D eigenvalue weighted by Crippen LogP contribution is 2.37. The summed E-state index contributed by atoms with van der Waals surface area (Å²) in [6.07, 6.45) is 1.07. The summed E-state index contributed by atoms with van der Waals surface area (Å²) in [5.74, 6) is 0.558. The first kappa shape index (κ1) is 15.2. The van der Waals surface area contributed by atoms with E-state index < -0.39 is 0 Å². The number of hydrogen-bond acceptors (Lipinski definition) is 7. The lowest BCUT2D eigenvalue weighted by atomic mass is 10.2. The molecule has 2 rings (SSSR count). The van der Waals surface area contributed by atoms with Crippen LogP contribution in [0.2, 0.25) is 0 Å². The molecule has 1 unspecified atom stereocenters. The number of nitrogens with two attached hydrogens (primary N) is 1. The van der Waals surface area contributed by atoms with E-state index in [0.29, 0.717) is 11.9 Å². The van der Waals surface area contributed by atoms with Crippen LogP contribution in [0.25, 0.3) is 11.3 Å². The molecular weight excluding hydrogens is 290 g/mol. The zero-order valence-corrected chi connectivity index (χ0v) is 13.9. The Morgan fingerprint density at radius 3 is 2.80 bits per heavy atom. The van der Waals surface area contributed by atoms with Crippen molar-refractivity contribution in [3.63, 3.8) is 0 Å². The number of thiazole rings is 1. The van der Waals surface area contributed by atoms with E-state index in [2.05, 4.69) is 40.6 Å². The molecule has 0 saturated carbocycles. The van der Waals surface area contributed by atoms with Gasteiger partial charge >= 0.3 is 0 Å². The van der Waals surface area contributed by atoms with Gasteiger partial charge in [-0.25, -0.2) is 4.98 Å². The largest absolute Gasteiger partial charge is 0.382 e. The monoisotopic (exact) mass is 311 g/mol. The van der Waals surface area contributed by atoms with Crippen LogP contribution in [0, 0.1) is 6.92 Å². The third-order valence-corrected chi connectivity index (χ3v) is 4.55. The van der Waals surface area contributed by atoms with Crippen LogP contribution >= 0.6 is 22.9 Å². The maximum Gasteiger partial charge on any atom is 0.148 e. The fourth-order valence-electron chi connectivity index (χ4n) is 1.87. The van der Waals surface area contributed by atoms with Crippen molar-refractivity contribution in [1.29, 1.82) is 0 Å². The van der Waals surface area contributed by atoms with Gasteiger partial charge in [0.2, 0.25) is 0 Å². The number of aromatic nitrogens is 2. The van der Waals surface area contributed by atoms with Crippen LogP contribution in [-0.2, 0) is 0 Å². The Labute approximate surface area is 128 Å². The van der Waals surface area contributed by atoms with Gasteiger partial charge in [0.15, 0.2) is 0 Å². The Hall–Kier alpha value is -1.18. The topological polar surface area (TPSA) is 67.1 Å². The number of nitrogen functional groups attached to an aromatic ring is 1. The van der Waals surface area contributed by atoms with Gasteiger partial charge in [0.05, 0.1) is 16.3 Å². The molecule has 0 saturated heterocycles. The van der Waals surface area contributed by atoms with E-state index in [0.717, 1.165) is 34.2 Å². The zero-order valence-electron chi connectivity index (χ0n) is 12.3. The van der Waals surface area contributed by atoms with Crippen molar-refractivity contribution in [2.24, 2.45) is 0 Å². The van der Waals surface area contributed by atoms with Crippen LogP contribution in [0.4, 0.5) is 10.8 Å². The summed E-state index contributed by atoms with van der Waals surface area (Å²) in [5, 5.41) is 7.59. The highest BCUT2D eigenvalue weighted by Gasteiger charge is 2.17. The van der Waals surface area contributed by atoms with Gasteiger partial charge in [-0.15, -0.1) is 11.3 Å². The molecular formula is C13H21N5S2. The minimum Gasteiger partial charge on any atom is -0.382 e. The van der Waals surface area contributed by atoms with Gasteiger partial charge in [0.1, 0.15) is 10.8 Å². The summed E-state index contributed by atoms with van der Waals surface area (Å²) in [7, 11) is 4.17. The van der Waals surface area contributed by atoms with Crippen LogP contribution in [0.3, 0.4) is 0 Å². The number of hydrogen-bond donors (Lipinski definition) is 2. The molecule has 5 nitrogen and oxygen atoms in total. The van der Waals surface area contributed by atoms with Gasteiger partial charge in [0, 0.05) is 11.4 Å². The summed E-state index contributed by atoms with van der Waals surface area (Å²) in [4.78, 5) is 6.70. The van der Waals surface area contributed by atoms with Crippen molar-refractivity contribution in [3.8, 4) is 11.3 Å². The Kier molecular flexibility index (Phi) is 4.95. The number of nitrogens with one attached hydrogen (secondary N) is 1. The first-order valence-electron chi connectivity index (χ1n) is 6.56. The molecule has 0 amide bonds. The van der Waals surface area contributed by atoms with Crippen molar-refractivity contribution in [2.75, 3.05) is 31.7 Å². The molecule has 110 valence electrons. The highest BCUT2D eigenvalue weighted by atomic mass is 32.1. The van der Waals surface area contributed by atoms with Gasteiger partial charge in [-0.1, -0.05) is 0 Å². The molecule has 2 aromatic rings. The molecule has 2 aromatic heterocycles. The number of aryl methyl sites for hydroxylation is 1. The first-order chi connectivity index (χ1) is 9.47. The average Bonchev–Trinajstić information content (AvgIpc) is 2.93. The maximum absolute atomic E-state index is 6.00. The van der Waals surface area contributed by atoms with E-state index in [1.54, 1.807) is 11.3 Å². The molecule has 0 radical (unpaired) electrons. The molecule has 0 aliphatic heterocycles. The predicted molar refractivity (Wildman–Crippen MR) is 88.6 cm³/mol. The molecule has 3 N–H and O–H groups in total. The van der Waals surface area contributed by atoms with Crippen molar-refractivity contribution < 1.29 is 0 Å². The van der Waals surface area contributed by atoms with Gasteiger partial charge < -0.3 is 16.0 Å². The number of anilines is 2. The van der Waals surface area contributed by atoms with Crippen molar-refractivity contribution >= 4 is 33.7 Å². The Bertz CT molecular complexity index is 561. The van der Waals surface area contributed by atoms with E-state index >= 15 is 0 Å². The fourth-order valence-corrected chi connectivity index (χ4v) is 3.31. The summed E-state index contributed by atoms with van der Waals surface area (Å²) >= 11 is 3.04. The summed E-state index contributed by atoms with van der Waals surface area (Å²) in [6, 6.07) is 0.371. The minimum absolute atomic E-state index is 0.371. The Morgan fingerprint density at radius 2 is 2.20 bits per heavy atom. The predicted octanol–water partition coefficient (Wildman–Crippen LogP) is 2.91. The van der Waals surface area contributed by atoms with E-state index in [1.165, 1.54) is 11.5 Å². The smallest absolute Gasteiger partial charge is 0.148 e. The van der Waals surface area contributed by atoms with Crippen molar-refractivity contribution in [3.05, 3.63) is 10.4 Å². The highest BCUT2D eigenvalue weighted by molar-refractivity contribution is 7.11. The van der Waals surface area contributed by atoms with Crippen LogP contribution in [0.15, 0.2) is 5.38 Å². The van der Waals surface area contributed by atoms with Crippen molar-refractivity contribution in [2.45, 2.75) is 26.3 Å². The summed E-state index contributed by atoms with van der Waals surface area (Å²) < 4.78 is 4.26. The SMILES string of the molecule is Cc1nc(-c2c(N)nsc2NC(C)CCN(C)C)cs1.